The van der Waals surface area contributed by atoms with E-state index < -0.39 is 0 Å². The monoisotopic (exact) mass is 323 g/mol. The van der Waals surface area contributed by atoms with E-state index in [1.54, 1.807) is 7.11 Å². The van der Waals surface area contributed by atoms with Crippen LogP contribution in [0.15, 0.2) is 18.2 Å². The fraction of sp³-hybridized carbons (Fsp3) is 0.588. The first kappa shape index (κ1) is 17.0. The van der Waals surface area contributed by atoms with E-state index in [2.05, 4.69) is 4.90 Å². The van der Waals surface area contributed by atoms with Crippen LogP contribution in [0, 0.1) is 0 Å². The molecule has 4 nitrogen and oxygen atoms in total. The van der Waals surface area contributed by atoms with Gasteiger partial charge in [-0.3, -0.25) is 0 Å². The fourth-order valence-electron chi connectivity index (χ4n) is 2.54. The molecular weight excluding hydrogens is 298 g/mol. The van der Waals surface area contributed by atoms with E-state index in [0.717, 1.165) is 35.1 Å². The second-order valence-electron chi connectivity index (χ2n) is 5.29. The lowest BCUT2D eigenvalue weighted by Gasteiger charge is -2.29. The maximum absolute atomic E-state index is 5.70. The van der Waals surface area contributed by atoms with Crippen molar-refractivity contribution in [2.45, 2.75) is 26.2 Å². The molecule has 0 radical (unpaired) electrons. The molecule has 122 valence electrons. The Morgan fingerprint density at radius 3 is 2.55 bits per heavy atom. The Balaban J connectivity index is 2.11. The summed E-state index contributed by atoms with van der Waals surface area (Å²) in [4.78, 5) is 3.19. The molecule has 0 unspecified atom stereocenters. The Bertz CT molecular complexity index is 487. The van der Waals surface area contributed by atoms with Gasteiger partial charge in [0, 0.05) is 25.8 Å². The average Bonchev–Trinajstić information content (AvgIpc) is 2.57. The number of likely N-dealkylation sites (tertiary alicyclic amines) is 1. The van der Waals surface area contributed by atoms with Crippen LogP contribution < -0.4 is 9.47 Å². The normalized spacial score (nSPS) is 14.7. The van der Waals surface area contributed by atoms with Crippen molar-refractivity contribution in [2.24, 2.45) is 0 Å². The van der Waals surface area contributed by atoms with Crippen molar-refractivity contribution in [3.63, 3.8) is 0 Å². The van der Waals surface area contributed by atoms with Gasteiger partial charge in [-0.1, -0.05) is 12.2 Å². The van der Waals surface area contributed by atoms with Crippen molar-refractivity contribution in [3.05, 3.63) is 23.8 Å². The lowest BCUT2D eigenvalue weighted by Crippen LogP contribution is -2.34. The summed E-state index contributed by atoms with van der Waals surface area (Å²) < 4.78 is 16.4. The molecule has 0 saturated carbocycles. The van der Waals surface area contributed by atoms with Gasteiger partial charge >= 0.3 is 0 Å². The third kappa shape index (κ3) is 4.58. The van der Waals surface area contributed by atoms with Gasteiger partial charge in [-0.15, -0.1) is 0 Å². The van der Waals surface area contributed by atoms with Crippen LogP contribution in [-0.2, 0) is 4.74 Å². The molecule has 2 rings (SSSR count). The molecule has 0 aliphatic carbocycles. The number of piperidine rings is 1. The fourth-order valence-corrected chi connectivity index (χ4v) is 2.85. The predicted octanol–water partition coefficient (Wildman–Crippen LogP) is 3.27. The van der Waals surface area contributed by atoms with Crippen LogP contribution in [0.4, 0.5) is 0 Å². The molecule has 22 heavy (non-hydrogen) atoms. The third-order valence-corrected chi connectivity index (χ3v) is 4.17. The van der Waals surface area contributed by atoms with Crippen LogP contribution in [0.5, 0.6) is 11.5 Å². The molecule has 1 aliphatic rings. The van der Waals surface area contributed by atoms with Gasteiger partial charge in [-0.05, 0) is 44.4 Å². The van der Waals surface area contributed by atoms with E-state index >= 15 is 0 Å². The summed E-state index contributed by atoms with van der Waals surface area (Å²) in [6.45, 7) is 5.73. The maximum atomic E-state index is 5.70. The standard InChI is InChI=1S/C17H25NO3S/c1-3-20-16-13-14(7-8-15(16)21-12-11-19-2)17(22)18-9-5-4-6-10-18/h7-8,13H,3-6,9-12H2,1-2H3. The largest absolute Gasteiger partial charge is 0.490 e. The highest BCUT2D eigenvalue weighted by Crippen LogP contribution is 2.29. The Morgan fingerprint density at radius 1 is 1.09 bits per heavy atom. The van der Waals surface area contributed by atoms with Crippen molar-refractivity contribution in [1.82, 2.24) is 4.90 Å². The number of hydrogen-bond acceptors (Lipinski definition) is 4. The number of thiocarbonyl (C=S) groups is 1. The van der Waals surface area contributed by atoms with Crippen molar-refractivity contribution in [1.29, 1.82) is 0 Å². The predicted molar refractivity (Wildman–Crippen MR) is 92.1 cm³/mol. The van der Waals surface area contributed by atoms with Gasteiger partial charge in [0.25, 0.3) is 0 Å². The highest BCUT2D eigenvalue weighted by Gasteiger charge is 2.16. The van der Waals surface area contributed by atoms with E-state index in [9.17, 15) is 0 Å². The summed E-state index contributed by atoms with van der Waals surface area (Å²) >= 11 is 5.64. The van der Waals surface area contributed by atoms with Gasteiger partial charge in [0.1, 0.15) is 11.6 Å². The molecule has 0 N–H and O–H groups in total. The topological polar surface area (TPSA) is 30.9 Å². The van der Waals surface area contributed by atoms with Crippen LogP contribution in [0.2, 0.25) is 0 Å². The lowest BCUT2D eigenvalue weighted by molar-refractivity contribution is 0.143. The zero-order chi connectivity index (χ0) is 15.8. The molecule has 1 aromatic rings. The molecular formula is C17H25NO3S. The van der Waals surface area contributed by atoms with E-state index in [0.29, 0.717) is 19.8 Å². The molecule has 1 saturated heterocycles. The van der Waals surface area contributed by atoms with E-state index in [1.165, 1.54) is 19.3 Å². The van der Waals surface area contributed by atoms with E-state index in [4.69, 9.17) is 26.4 Å². The van der Waals surface area contributed by atoms with Crippen LogP contribution in [0.3, 0.4) is 0 Å². The Kier molecular flexibility index (Phi) is 6.93. The van der Waals surface area contributed by atoms with Crippen LogP contribution in [0.1, 0.15) is 31.7 Å². The first-order valence-electron chi connectivity index (χ1n) is 7.94. The van der Waals surface area contributed by atoms with Gasteiger partial charge < -0.3 is 19.1 Å². The van der Waals surface area contributed by atoms with Crippen molar-refractivity contribution in [2.75, 3.05) is 40.0 Å². The zero-order valence-corrected chi connectivity index (χ0v) is 14.3. The molecule has 1 fully saturated rings. The summed E-state index contributed by atoms with van der Waals surface area (Å²) in [5.41, 5.74) is 1.03. The summed E-state index contributed by atoms with van der Waals surface area (Å²) in [5.74, 6) is 1.49. The summed E-state index contributed by atoms with van der Waals surface area (Å²) in [6, 6.07) is 5.94. The van der Waals surface area contributed by atoms with Crippen LogP contribution in [0.25, 0.3) is 0 Å². The molecule has 0 bridgehead atoms. The van der Waals surface area contributed by atoms with Crippen LogP contribution in [-0.4, -0.2) is 49.9 Å². The Hall–Kier alpha value is -1.33. The molecule has 1 heterocycles. The highest BCUT2D eigenvalue weighted by molar-refractivity contribution is 7.80. The molecule has 0 aromatic heterocycles. The quantitative estimate of drug-likeness (QED) is 0.568. The number of hydrogen-bond donors (Lipinski definition) is 0. The molecule has 0 spiro atoms. The minimum absolute atomic E-state index is 0.506. The smallest absolute Gasteiger partial charge is 0.161 e. The zero-order valence-electron chi connectivity index (χ0n) is 13.5. The molecule has 0 atom stereocenters. The van der Waals surface area contributed by atoms with Gasteiger partial charge in [-0.25, -0.2) is 0 Å². The second-order valence-corrected chi connectivity index (χ2v) is 5.68. The number of methoxy groups -OCH3 is 1. The number of rotatable bonds is 7. The average molecular weight is 323 g/mol. The van der Waals surface area contributed by atoms with Crippen molar-refractivity contribution in [3.8, 4) is 11.5 Å². The summed E-state index contributed by atoms with van der Waals surface area (Å²) in [5, 5.41) is 0. The lowest BCUT2D eigenvalue weighted by atomic mass is 10.1. The van der Waals surface area contributed by atoms with Gasteiger partial charge in [0.2, 0.25) is 0 Å². The number of benzene rings is 1. The van der Waals surface area contributed by atoms with Crippen molar-refractivity contribution < 1.29 is 14.2 Å². The first-order valence-corrected chi connectivity index (χ1v) is 8.35. The molecule has 1 aromatic carbocycles. The molecule has 5 heteroatoms. The minimum Gasteiger partial charge on any atom is -0.490 e. The number of ether oxygens (including phenoxy) is 3. The first-order chi connectivity index (χ1) is 10.8. The Labute approximate surface area is 138 Å². The number of nitrogens with zero attached hydrogens (tertiary/aromatic N) is 1. The highest BCUT2D eigenvalue weighted by atomic mass is 32.1. The van der Waals surface area contributed by atoms with Crippen LogP contribution >= 0.6 is 12.2 Å². The summed E-state index contributed by atoms with van der Waals surface area (Å²) in [6.07, 6.45) is 3.74. The third-order valence-electron chi connectivity index (χ3n) is 3.68. The van der Waals surface area contributed by atoms with Crippen molar-refractivity contribution >= 4 is 17.2 Å². The maximum Gasteiger partial charge on any atom is 0.161 e. The second kappa shape index (κ2) is 8.96. The SMILES string of the molecule is CCOc1cc(C(=S)N2CCCCC2)ccc1OCCOC. The van der Waals surface area contributed by atoms with Gasteiger partial charge in [0.05, 0.1) is 13.2 Å². The van der Waals surface area contributed by atoms with E-state index in [1.807, 2.05) is 25.1 Å². The minimum atomic E-state index is 0.506. The van der Waals surface area contributed by atoms with E-state index in [-0.39, 0.29) is 0 Å². The summed E-state index contributed by atoms with van der Waals surface area (Å²) in [7, 11) is 1.66. The molecule has 1 aliphatic heterocycles. The van der Waals surface area contributed by atoms with Gasteiger partial charge in [-0.2, -0.15) is 0 Å². The van der Waals surface area contributed by atoms with Gasteiger partial charge in [0.15, 0.2) is 11.5 Å². The molecule has 0 amide bonds. The Morgan fingerprint density at radius 2 is 1.86 bits per heavy atom.